The molecule has 0 spiro atoms. The van der Waals surface area contributed by atoms with Crippen molar-refractivity contribution < 1.29 is 4.39 Å². The van der Waals surface area contributed by atoms with Gasteiger partial charge >= 0.3 is 0 Å². The van der Waals surface area contributed by atoms with Crippen LogP contribution in [0.4, 0.5) is 4.39 Å². The molecule has 1 aromatic heterocycles. The molecule has 0 saturated carbocycles. The molecule has 3 rings (SSSR count). The van der Waals surface area contributed by atoms with Crippen LogP contribution in [-0.2, 0) is 13.0 Å². The van der Waals surface area contributed by atoms with Crippen LogP contribution in [0.15, 0.2) is 24.3 Å². The Bertz CT molecular complexity index is 586. The minimum Gasteiger partial charge on any atom is -0.311 e. The van der Waals surface area contributed by atoms with Gasteiger partial charge in [-0.25, -0.2) is 4.39 Å². The van der Waals surface area contributed by atoms with E-state index >= 15 is 0 Å². The smallest absolute Gasteiger partial charge is 0.123 e. The van der Waals surface area contributed by atoms with Crippen molar-refractivity contribution in [3.05, 3.63) is 52.6 Å². The Labute approximate surface area is 112 Å². The van der Waals surface area contributed by atoms with Gasteiger partial charge in [0.05, 0.1) is 17.4 Å². The molecule has 100 valence electrons. The fourth-order valence-corrected chi connectivity index (χ4v) is 2.77. The summed E-state index contributed by atoms with van der Waals surface area (Å²) < 4.78 is 15.1. The van der Waals surface area contributed by atoms with Crippen LogP contribution in [0.1, 0.15) is 35.5 Å². The number of nitrogens with one attached hydrogen (secondary N) is 1. The Morgan fingerprint density at radius 2 is 2.05 bits per heavy atom. The molecule has 1 aromatic carbocycles. The highest BCUT2D eigenvalue weighted by molar-refractivity contribution is 5.30. The van der Waals surface area contributed by atoms with Gasteiger partial charge in [0.15, 0.2) is 0 Å². The molecule has 0 bridgehead atoms. The first-order valence-electron chi connectivity index (χ1n) is 6.70. The lowest BCUT2D eigenvalue weighted by Crippen LogP contribution is -2.26. The van der Waals surface area contributed by atoms with Crippen molar-refractivity contribution in [2.75, 3.05) is 6.54 Å². The second kappa shape index (κ2) is 4.78. The molecule has 0 aliphatic carbocycles. The Morgan fingerprint density at radius 3 is 2.79 bits per heavy atom. The van der Waals surface area contributed by atoms with Crippen molar-refractivity contribution >= 4 is 0 Å². The van der Waals surface area contributed by atoms with Crippen molar-refractivity contribution in [2.45, 2.75) is 32.9 Å². The van der Waals surface area contributed by atoms with E-state index in [-0.39, 0.29) is 11.9 Å². The Hall–Kier alpha value is -1.68. The minimum absolute atomic E-state index is 0.128. The molecule has 1 unspecified atom stereocenters. The highest BCUT2D eigenvalue weighted by Crippen LogP contribution is 2.25. The van der Waals surface area contributed by atoms with Gasteiger partial charge in [-0.3, -0.25) is 4.68 Å². The molecular formula is C15H18FN3. The summed E-state index contributed by atoms with van der Waals surface area (Å²) in [5, 5.41) is 8.06. The number of aryl methyl sites for hydroxylation is 1. The molecule has 1 N–H and O–H groups in total. The molecule has 1 aliphatic rings. The van der Waals surface area contributed by atoms with Gasteiger partial charge in [0.1, 0.15) is 5.82 Å². The zero-order valence-electron chi connectivity index (χ0n) is 11.3. The Morgan fingerprint density at radius 1 is 1.32 bits per heavy atom. The van der Waals surface area contributed by atoms with Crippen LogP contribution in [0.5, 0.6) is 0 Å². The second-order valence-corrected chi connectivity index (χ2v) is 5.11. The van der Waals surface area contributed by atoms with Gasteiger partial charge in [-0.2, -0.15) is 5.10 Å². The van der Waals surface area contributed by atoms with Crippen LogP contribution >= 0.6 is 0 Å². The third kappa shape index (κ3) is 2.16. The highest BCUT2D eigenvalue weighted by atomic mass is 19.1. The fraction of sp³-hybridized carbons (Fsp3) is 0.400. The van der Waals surface area contributed by atoms with E-state index in [0.29, 0.717) is 0 Å². The number of rotatable bonds is 2. The quantitative estimate of drug-likeness (QED) is 0.898. The summed E-state index contributed by atoms with van der Waals surface area (Å²) in [7, 11) is 0. The lowest BCUT2D eigenvalue weighted by atomic mass is 10.0. The van der Waals surface area contributed by atoms with Gasteiger partial charge in [0.25, 0.3) is 0 Å². The van der Waals surface area contributed by atoms with Gasteiger partial charge in [-0.15, -0.1) is 0 Å². The predicted molar refractivity (Wildman–Crippen MR) is 72.6 cm³/mol. The zero-order valence-corrected chi connectivity index (χ0v) is 11.3. The van der Waals surface area contributed by atoms with Gasteiger partial charge in [0.2, 0.25) is 0 Å². The monoisotopic (exact) mass is 259 g/mol. The number of nitrogens with zero attached hydrogens (tertiary/aromatic N) is 2. The number of benzene rings is 1. The van der Waals surface area contributed by atoms with Gasteiger partial charge < -0.3 is 5.32 Å². The number of aromatic nitrogens is 2. The third-order valence-corrected chi connectivity index (χ3v) is 3.88. The zero-order chi connectivity index (χ0) is 13.4. The summed E-state index contributed by atoms with van der Waals surface area (Å²) in [5.41, 5.74) is 4.83. The van der Waals surface area contributed by atoms with Crippen LogP contribution in [-0.4, -0.2) is 16.3 Å². The maximum absolute atomic E-state index is 13.0. The molecule has 0 fully saturated rings. The SMILES string of the molecule is Cc1nn(C(C)c2ccc(F)cc2)c2c1CCNC2. The van der Waals surface area contributed by atoms with Crippen molar-refractivity contribution in [1.29, 1.82) is 0 Å². The maximum Gasteiger partial charge on any atom is 0.123 e. The molecule has 1 aliphatic heterocycles. The van der Waals surface area contributed by atoms with Crippen molar-refractivity contribution in [2.24, 2.45) is 0 Å². The van der Waals surface area contributed by atoms with E-state index in [9.17, 15) is 4.39 Å². The molecule has 2 heterocycles. The average molecular weight is 259 g/mol. The van der Waals surface area contributed by atoms with Crippen LogP contribution in [0.25, 0.3) is 0 Å². The lowest BCUT2D eigenvalue weighted by Gasteiger charge is -2.20. The summed E-state index contributed by atoms with van der Waals surface area (Å²) in [4.78, 5) is 0. The molecular weight excluding hydrogens is 241 g/mol. The van der Waals surface area contributed by atoms with Crippen LogP contribution in [0.3, 0.4) is 0 Å². The van der Waals surface area contributed by atoms with Crippen LogP contribution < -0.4 is 5.32 Å². The summed E-state index contributed by atoms with van der Waals surface area (Å²) in [6.45, 7) is 6.05. The highest BCUT2D eigenvalue weighted by Gasteiger charge is 2.21. The van der Waals surface area contributed by atoms with E-state index in [2.05, 4.69) is 28.9 Å². The predicted octanol–water partition coefficient (Wildman–Crippen LogP) is 2.59. The van der Waals surface area contributed by atoms with Crippen molar-refractivity contribution in [3.63, 3.8) is 0 Å². The first-order chi connectivity index (χ1) is 9.16. The van der Waals surface area contributed by atoms with Crippen molar-refractivity contribution in [1.82, 2.24) is 15.1 Å². The molecule has 3 nitrogen and oxygen atoms in total. The summed E-state index contributed by atoms with van der Waals surface area (Å²) in [6.07, 6.45) is 1.04. The second-order valence-electron chi connectivity index (χ2n) is 5.11. The molecule has 19 heavy (non-hydrogen) atoms. The van der Waals surface area contributed by atoms with Gasteiger partial charge in [0, 0.05) is 6.54 Å². The Balaban J connectivity index is 2.00. The normalized spacial score (nSPS) is 16.2. The first kappa shape index (κ1) is 12.4. The average Bonchev–Trinajstić information content (AvgIpc) is 2.77. The standard InChI is InChI=1S/C15H18FN3/c1-10-14-7-8-17-9-15(14)19(18-10)11(2)12-3-5-13(16)6-4-12/h3-6,11,17H,7-9H2,1-2H3. The number of hydrogen-bond acceptors (Lipinski definition) is 2. The summed E-state index contributed by atoms with van der Waals surface area (Å²) in [6, 6.07) is 6.81. The number of halogens is 1. The largest absolute Gasteiger partial charge is 0.311 e. The van der Waals surface area contributed by atoms with E-state index in [1.807, 2.05) is 12.1 Å². The lowest BCUT2D eigenvalue weighted by molar-refractivity contribution is 0.506. The van der Waals surface area contributed by atoms with E-state index in [0.717, 1.165) is 30.8 Å². The molecule has 1 atom stereocenters. The minimum atomic E-state index is -0.198. The third-order valence-electron chi connectivity index (χ3n) is 3.88. The van der Waals surface area contributed by atoms with E-state index in [1.165, 1.54) is 23.4 Å². The van der Waals surface area contributed by atoms with Crippen molar-refractivity contribution in [3.8, 4) is 0 Å². The summed E-state index contributed by atoms with van der Waals surface area (Å²) >= 11 is 0. The Kier molecular flexibility index (Phi) is 3.11. The maximum atomic E-state index is 13.0. The topological polar surface area (TPSA) is 29.9 Å². The fourth-order valence-electron chi connectivity index (χ4n) is 2.77. The molecule has 0 saturated heterocycles. The van der Waals surface area contributed by atoms with E-state index < -0.39 is 0 Å². The molecule has 4 heteroatoms. The van der Waals surface area contributed by atoms with E-state index in [1.54, 1.807) is 0 Å². The van der Waals surface area contributed by atoms with Gasteiger partial charge in [-0.1, -0.05) is 12.1 Å². The number of hydrogen-bond donors (Lipinski definition) is 1. The molecule has 2 aromatic rings. The van der Waals surface area contributed by atoms with Crippen LogP contribution in [0.2, 0.25) is 0 Å². The molecule has 0 amide bonds. The summed E-state index contributed by atoms with van der Waals surface area (Å²) in [5.74, 6) is -0.198. The van der Waals surface area contributed by atoms with E-state index in [4.69, 9.17) is 0 Å². The molecule has 0 radical (unpaired) electrons. The first-order valence-corrected chi connectivity index (χ1v) is 6.70. The van der Waals surface area contributed by atoms with Crippen LogP contribution in [0, 0.1) is 12.7 Å². The number of fused-ring (bicyclic) bond motifs is 1. The van der Waals surface area contributed by atoms with Gasteiger partial charge in [-0.05, 0) is 50.1 Å².